The number of thiophene rings is 1. The van der Waals surface area contributed by atoms with Crippen LogP contribution in [0.3, 0.4) is 0 Å². The van der Waals surface area contributed by atoms with Gasteiger partial charge in [0.2, 0.25) is 0 Å². The summed E-state index contributed by atoms with van der Waals surface area (Å²) in [5.41, 5.74) is 10.8. The average Bonchev–Trinajstić information content (AvgIpc) is 3.58. The fourth-order valence-corrected chi connectivity index (χ4v) is 12.0. The smallest absolute Gasteiger partial charge is 0 e. The second kappa shape index (κ2) is 18.0. The Balaban J connectivity index is 0.000000193. The van der Waals surface area contributed by atoms with Crippen LogP contribution in [0.15, 0.2) is 134 Å². The molecule has 3 aromatic heterocycles. The van der Waals surface area contributed by atoms with E-state index in [4.69, 9.17) is 10.2 Å². The second-order valence-electron chi connectivity index (χ2n) is 16.6. The number of aromatic nitrogens is 2. The minimum Gasteiger partial charge on any atom is 0 e. The summed E-state index contributed by atoms with van der Waals surface area (Å²) in [5, 5.41) is 11.4. The number of aryl methyl sites for hydroxylation is 1. The zero-order valence-corrected chi connectivity index (χ0v) is 39.1. The van der Waals surface area contributed by atoms with Crippen molar-refractivity contribution < 1.29 is 35.0 Å². The maximum atomic E-state index is 12.0. The summed E-state index contributed by atoms with van der Waals surface area (Å²) in [6, 6.07) is 47.5. The largest absolute Gasteiger partial charge is 0 e. The van der Waals surface area contributed by atoms with E-state index in [-0.39, 0.29) is 31.1 Å². The summed E-state index contributed by atoms with van der Waals surface area (Å²) in [4.78, 5) is 25.3. The fraction of sp³-hybridized carbons (Fsp3) is 0.180. The van der Waals surface area contributed by atoms with Crippen molar-refractivity contribution >= 4 is 55.1 Å². The molecule has 0 unspecified atom stereocenters. The fourth-order valence-electron chi connectivity index (χ4n) is 7.28. The molecule has 0 saturated carbocycles. The quantitative estimate of drug-likeness (QED) is 0.0745. The van der Waals surface area contributed by atoms with Gasteiger partial charge in [0.15, 0.2) is 0 Å². The molecule has 8 heteroatoms. The van der Waals surface area contributed by atoms with Gasteiger partial charge in [-0.1, -0.05) is 74.2 Å². The molecule has 1 N–H and O–H groups in total. The number of nitrogens with zero attached hydrogens (tertiary/aromatic N) is 2. The van der Waals surface area contributed by atoms with E-state index in [1.165, 1.54) is 46.8 Å². The third-order valence-corrected chi connectivity index (χ3v) is 15.6. The van der Waals surface area contributed by atoms with Crippen molar-refractivity contribution in [1.29, 1.82) is 0 Å². The van der Waals surface area contributed by atoms with E-state index in [2.05, 4.69) is 140 Å². The maximum Gasteiger partial charge on any atom is 0 e. The zero-order valence-electron chi connectivity index (χ0n) is 33.8. The van der Waals surface area contributed by atoms with Gasteiger partial charge < -0.3 is 4.98 Å². The van der Waals surface area contributed by atoms with Crippen LogP contribution in [0.25, 0.3) is 64.9 Å². The van der Waals surface area contributed by atoms with Gasteiger partial charge in [-0.25, -0.2) is 0 Å². The van der Waals surface area contributed by atoms with E-state index >= 15 is 0 Å². The van der Waals surface area contributed by atoms with Crippen molar-refractivity contribution in [3.63, 3.8) is 0 Å². The molecule has 295 valence electrons. The minimum absolute atomic E-state index is 0. The van der Waals surface area contributed by atoms with Gasteiger partial charge in [0.05, 0.1) is 0 Å². The van der Waals surface area contributed by atoms with Crippen LogP contribution in [0.1, 0.15) is 42.3 Å². The van der Waals surface area contributed by atoms with E-state index in [0.29, 0.717) is 5.56 Å². The predicted octanol–water partition coefficient (Wildman–Crippen LogP) is 12.9. The molecular weight excluding hydrogens is 973 g/mol. The monoisotopic (exact) mass is 1020 g/mol. The molecule has 8 aromatic rings. The van der Waals surface area contributed by atoms with Crippen molar-refractivity contribution in [2.45, 2.75) is 51.4 Å². The Morgan fingerprint density at radius 2 is 1.50 bits per heavy atom. The molecule has 5 aromatic carbocycles. The van der Waals surface area contributed by atoms with Gasteiger partial charge in [-0.3, -0.25) is 0 Å². The first-order chi connectivity index (χ1) is 27.3. The Morgan fingerprint density at radius 3 is 2.16 bits per heavy atom. The summed E-state index contributed by atoms with van der Waals surface area (Å²) < 4.78 is 3.94. The van der Waals surface area contributed by atoms with E-state index in [0.717, 1.165) is 34.5 Å². The van der Waals surface area contributed by atoms with Gasteiger partial charge in [0.25, 0.3) is 0 Å². The number of benzene rings is 5. The van der Waals surface area contributed by atoms with Crippen molar-refractivity contribution in [2.24, 2.45) is 5.41 Å². The second-order valence-corrected chi connectivity index (χ2v) is 28.2. The van der Waals surface area contributed by atoms with Crippen molar-refractivity contribution in [3.05, 3.63) is 163 Å². The van der Waals surface area contributed by atoms with Crippen LogP contribution in [0.2, 0.25) is 17.3 Å². The van der Waals surface area contributed by atoms with Crippen LogP contribution < -0.4 is 4.40 Å². The molecule has 0 fully saturated rings. The Bertz CT molecular complexity index is 2700. The van der Waals surface area contributed by atoms with Gasteiger partial charge in [-0.15, -0.1) is 23.8 Å². The summed E-state index contributed by atoms with van der Waals surface area (Å²) in [6.45, 7) is 8.94. The number of pyridine rings is 2. The van der Waals surface area contributed by atoms with Crippen LogP contribution in [0.4, 0.5) is 0 Å². The van der Waals surface area contributed by atoms with E-state index < -0.39 is 19.2 Å². The van der Waals surface area contributed by atoms with Crippen LogP contribution in [-0.2, 0) is 31.4 Å². The Kier molecular flexibility index (Phi) is 13.3. The number of carbonyl (C=O) groups is 1. The van der Waals surface area contributed by atoms with Gasteiger partial charge >= 0.3 is 162 Å². The zero-order chi connectivity index (χ0) is 40.3. The number of rotatable bonds is 7. The van der Waals surface area contributed by atoms with Crippen molar-refractivity contribution in [3.8, 4) is 44.8 Å². The molecule has 0 atom stereocenters. The number of hydrogen-bond acceptors (Lipinski definition) is 6. The Labute approximate surface area is 361 Å². The molecular formula is C50H46GeIrN2O3S-2. The van der Waals surface area contributed by atoms with Crippen LogP contribution in [0.5, 0.6) is 0 Å². The standard InChI is InChI=1S/C28H24NS.C22H22GeNO3.Ir/c1-28(2,3)18-19-14-15-29-25(16-19)23-11-7-10-22-24-17-21(20-8-5-4-6-9-20)12-13-26(24)30-27(22)23;1-15-12-21(24-14-20(15)23(2,3)4)17-10-11-18(22(25)27-26)19(13-17)16-8-6-5-7-9-16;/h4-10,12-17H,18H2,1-3H3;5-9,11-14,26H,1-4H3;/q2*-1;. The Hall–Kier alpha value is -4.76. The maximum absolute atomic E-state index is 12.0. The van der Waals surface area contributed by atoms with E-state index in [1.807, 2.05) is 66.2 Å². The summed E-state index contributed by atoms with van der Waals surface area (Å²) in [5.74, 6) is 6.23. The molecule has 0 aliphatic heterocycles. The van der Waals surface area contributed by atoms with Gasteiger partial charge in [-0.05, 0) is 56.9 Å². The molecule has 0 bridgehead atoms. The van der Waals surface area contributed by atoms with Crippen LogP contribution >= 0.6 is 11.3 Å². The molecule has 8 rings (SSSR count). The first-order valence-corrected chi connectivity index (χ1v) is 27.3. The minimum atomic E-state index is -1.97. The SMILES string of the molecule is CC(C)(C)Cc1ccnc(-c2[c-]ccc3c2sc2ccc(-c4ccccc4)cc23)c1.Cc1cc(-c2[c-]cc(C(=O)OO)c(-c3ccccc3)c2)nc[c]1[Ge]([CH3])([CH3])[CH3].[Ir]. The molecule has 0 aliphatic carbocycles. The number of carbonyl (C=O) groups excluding carboxylic acids is 1. The van der Waals surface area contributed by atoms with E-state index in [9.17, 15) is 4.79 Å². The molecule has 0 aliphatic rings. The Morgan fingerprint density at radius 1 is 0.793 bits per heavy atom. The van der Waals surface area contributed by atoms with Gasteiger partial charge in [-0.2, -0.15) is 11.3 Å². The number of hydrogen-bond donors (Lipinski definition) is 1. The van der Waals surface area contributed by atoms with E-state index in [1.54, 1.807) is 6.07 Å². The van der Waals surface area contributed by atoms with Crippen LogP contribution in [0, 0.1) is 24.5 Å². The normalized spacial score (nSPS) is 11.4. The van der Waals surface area contributed by atoms with Gasteiger partial charge in [0, 0.05) is 31.0 Å². The molecule has 3 heterocycles. The molecule has 0 spiro atoms. The molecule has 0 amide bonds. The third-order valence-electron chi connectivity index (χ3n) is 9.89. The topological polar surface area (TPSA) is 72.3 Å². The molecule has 0 saturated heterocycles. The first kappa shape index (κ1) is 42.8. The third kappa shape index (κ3) is 9.74. The summed E-state index contributed by atoms with van der Waals surface area (Å²) in [7, 11) is 0. The van der Waals surface area contributed by atoms with Crippen molar-refractivity contribution in [1.82, 2.24) is 9.97 Å². The summed E-state index contributed by atoms with van der Waals surface area (Å²) in [6.07, 6.45) is 4.95. The van der Waals surface area contributed by atoms with Gasteiger partial charge in [0.1, 0.15) is 0 Å². The molecule has 5 nitrogen and oxygen atoms in total. The predicted molar refractivity (Wildman–Crippen MR) is 240 cm³/mol. The van der Waals surface area contributed by atoms with Crippen molar-refractivity contribution in [2.75, 3.05) is 0 Å². The van der Waals surface area contributed by atoms with Crippen LogP contribution in [-0.4, -0.2) is 34.5 Å². The molecule has 58 heavy (non-hydrogen) atoms. The average molecular weight is 1020 g/mol. The number of fused-ring (bicyclic) bond motifs is 3. The first-order valence-electron chi connectivity index (χ1n) is 19.1. The molecule has 1 radical (unpaired) electrons. The summed E-state index contributed by atoms with van der Waals surface area (Å²) >= 11 is -0.136.